The fourth-order valence-corrected chi connectivity index (χ4v) is 1.54. The van der Waals surface area contributed by atoms with Crippen LogP contribution in [-0.4, -0.2) is 28.7 Å². The summed E-state index contributed by atoms with van der Waals surface area (Å²) in [5.74, 6) is -1.06. The second kappa shape index (κ2) is 6.86. The van der Waals surface area contributed by atoms with Gasteiger partial charge in [-0.1, -0.05) is 23.7 Å². The number of nitrogens with zero attached hydrogens (tertiary/aromatic N) is 1. The molecule has 0 aliphatic heterocycles. The van der Waals surface area contributed by atoms with E-state index in [1.807, 2.05) is 0 Å². The Morgan fingerprint density at radius 1 is 1.63 bits per heavy atom. The standard InChI is InChI=1S/C12H12ClNO5/c1-2-19-12(16)11(15)10(14(17)18)7-8-4-3-5-9(13)6-8/h3-7,11,15H,2H2,1H3/b10-7+. The number of hydrogen-bond acceptors (Lipinski definition) is 5. The van der Waals surface area contributed by atoms with Crippen LogP contribution < -0.4 is 0 Å². The number of nitro groups is 1. The molecule has 1 unspecified atom stereocenters. The lowest BCUT2D eigenvalue weighted by molar-refractivity contribution is -0.432. The highest BCUT2D eigenvalue weighted by atomic mass is 35.5. The molecule has 0 aromatic heterocycles. The minimum Gasteiger partial charge on any atom is -0.464 e. The first kappa shape index (κ1) is 15.1. The molecular formula is C12H12ClNO5. The Bertz CT molecular complexity index is 515. The number of aliphatic hydroxyl groups excluding tert-OH is 1. The summed E-state index contributed by atoms with van der Waals surface area (Å²) in [7, 11) is 0. The summed E-state index contributed by atoms with van der Waals surface area (Å²) in [6, 6.07) is 6.24. The molecule has 1 aromatic carbocycles. The van der Waals surface area contributed by atoms with Crippen molar-refractivity contribution >= 4 is 23.6 Å². The van der Waals surface area contributed by atoms with Gasteiger partial charge in [-0.3, -0.25) is 10.1 Å². The van der Waals surface area contributed by atoms with Crippen molar-refractivity contribution < 1.29 is 19.6 Å². The van der Waals surface area contributed by atoms with Gasteiger partial charge in [0.1, 0.15) is 0 Å². The maximum Gasteiger partial charge on any atom is 0.346 e. The van der Waals surface area contributed by atoms with Crippen LogP contribution in [0.5, 0.6) is 0 Å². The molecule has 0 radical (unpaired) electrons. The van der Waals surface area contributed by atoms with Crippen molar-refractivity contribution in [3.05, 3.63) is 50.7 Å². The summed E-state index contributed by atoms with van der Waals surface area (Å²) in [6.45, 7) is 1.56. The molecule has 19 heavy (non-hydrogen) atoms. The van der Waals surface area contributed by atoms with Gasteiger partial charge >= 0.3 is 5.97 Å². The van der Waals surface area contributed by atoms with Crippen LogP contribution in [0.2, 0.25) is 5.02 Å². The van der Waals surface area contributed by atoms with E-state index in [9.17, 15) is 20.0 Å². The Morgan fingerprint density at radius 3 is 2.84 bits per heavy atom. The molecule has 1 N–H and O–H groups in total. The molecule has 1 atom stereocenters. The van der Waals surface area contributed by atoms with Gasteiger partial charge in [-0.25, -0.2) is 4.79 Å². The number of aliphatic hydroxyl groups is 1. The summed E-state index contributed by atoms with van der Waals surface area (Å²) in [5.41, 5.74) is -0.261. The maximum atomic E-state index is 11.3. The zero-order valence-corrected chi connectivity index (χ0v) is 10.8. The summed E-state index contributed by atoms with van der Waals surface area (Å²) < 4.78 is 4.54. The molecule has 6 nitrogen and oxygen atoms in total. The SMILES string of the molecule is CCOC(=O)C(O)/C(=C\c1cccc(Cl)c1)[N+](=O)[O-]. The summed E-state index contributed by atoms with van der Waals surface area (Å²) in [6.07, 6.45) is -0.859. The maximum absolute atomic E-state index is 11.3. The molecular weight excluding hydrogens is 274 g/mol. The zero-order chi connectivity index (χ0) is 14.4. The zero-order valence-electron chi connectivity index (χ0n) is 10.1. The quantitative estimate of drug-likeness (QED) is 0.507. The summed E-state index contributed by atoms with van der Waals surface area (Å²) in [5, 5.41) is 20.9. The number of rotatable bonds is 5. The second-order valence-corrected chi connectivity index (χ2v) is 3.97. The first-order chi connectivity index (χ1) is 8.95. The molecule has 102 valence electrons. The van der Waals surface area contributed by atoms with E-state index in [1.165, 1.54) is 13.0 Å². The van der Waals surface area contributed by atoms with Crippen molar-refractivity contribution in [2.45, 2.75) is 13.0 Å². The van der Waals surface area contributed by atoms with Crippen LogP contribution in [-0.2, 0) is 9.53 Å². The third kappa shape index (κ3) is 4.35. The van der Waals surface area contributed by atoms with Gasteiger partial charge in [-0.05, 0) is 24.6 Å². The number of carbonyl (C=O) groups excluding carboxylic acids is 1. The predicted octanol–water partition coefficient (Wildman–Crippen LogP) is 1.88. The lowest BCUT2D eigenvalue weighted by Crippen LogP contribution is -2.28. The molecule has 1 aromatic rings. The Kier molecular flexibility index (Phi) is 5.47. The molecule has 0 aliphatic carbocycles. The third-order valence-corrected chi connectivity index (χ3v) is 2.40. The summed E-state index contributed by atoms with van der Waals surface area (Å²) in [4.78, 5) is 21.3. The lowest BCUT2D eigenvalue weighted by atomic mass is 10.1. The van der Waals surface area contributed by atoms with Crippen molar-refractivity contribution in [1.82, 2.24) is 0 Å². The van der Waals surface area contributed by atoms with E-state index in [-0.39, 0.29) is 6.61 Å². The van der Waals surface area contributed by atoms with Gasteiger partial charge in [0.05, 0.1) is 11.5 Å². The van der Waals surface area contributed by atoms with E-state index >= 15 is 0 Å². The molecule has 0 amide bonds. The van der Waals surface area contributed by atoms with Gasteiger partial charge in [0, 0.05) is 11.1 Å². The molecule has 0 spiro atoms. The smallest absolute Gasteiger partial charge is 0.346 e. The molecule has 0 saturated heterocycles. The fraction of sp³-hybridized carbons (Fsp3) is 0.250. The van der Waals surface area contributed by atoms with Crippen LogP contribution in [0.4, 0.5) is 0 Å². The van der Waals surface area contributed by atoms with Crippen LogP contribution in [0.15, 0.2) is 30.0 Å². The highest BCUT2D eigenvalue weighted by Gasteiger charge is 2.30. The molecule has 0 bridgehead atoms. The molecule has 0 saturated carbocycles. The van der Waals surface area contributed by atoms with Crippen molar-refractivity contribution in [2.75, 3.05) is 6.61 Å². The average Bonchev–Trinajstić information content (AvgIpc) is 2.35. The molecule has 0 heterocycles. The van der Waals surface area contributed by atoms with Gasteiger partial charge in [-0.15, -0.1) is 0 Å². The summed E-state index contributed by atoms with van der Waals surface area (Å²) >= 11 is 5.75. The van der Waals surface area contributed by atoms with E-state index in [0.29, 0.717) is 10.6 Å². The van der Waals surface area contributed by atoms with Crippen LogP contribution >= 0.6 is 11.6 Å². The van der Waals surface area contributed by atoms with Crippen molar-refractivity contribution in [3.8, 4) is 0 Å². The van der Waals surface area contributed by atoms with Crippen LogP contribution in [0.25, 0.3) is 6.08 Å². The van der Waals surface area contributed by atoms with Gasteiger partial charge < -0.3 is 9.84 Å². The lowest BCUT2D eigenvalue weighted by Gasteiger charge is -2.07. The Labute approximate surface area is 114 Å². The van der Waals surface area contributed by atoms with Gasteiger partial charge in [0.2, 0.25) is 6.10 Å². The molecule has 0 aliphatic rings. The topological polar surface area (TPSA) is 89.7 Å². The van der Waals surface area contributed by atoms with E-state index in [0.717, 1.165) is 6.08 Å². The molecule has 1 rings (SSSR count). The average molecular weight is 286 g/mol. The predicted molar refractivity (Wildman–Crippen MR) is 69.1 cm³/mol. The minimum absolute atomic E-state index is 0.0258. The number of ether oxygens (including phenoxy) is 1. The van der Waals surface area contributed by atoms with E-state index in [4.69, 9.17) is 11.6 Å². The van der Waals surface area contributed by atoms with E-state index in [1.54, 1.807) is 18.2 Å². The van der Waals surface area contributed by atoms with E-state index < -0.39 is 22.7 Å². The van der Waals surface area contributed by atoms with Gasteiger partial charge in [0.25, 0.3) is 5.70 Å². The number of carbonyl (C=O) groups is 1. The number of benzene rings is 1. The Balaban J connectivity index is 3.07. The third-order valence-electron chi connectivity index (χ3n) is 2.16. The van der Waals surface area contributed by atoms with Crippen molar-refractivity contribution in [3.63, 3.8) is 0 Å². The monoisotopic (exact) mass is 285 g/mol. The van der Waals surface area contributed by atoms with Crippen LogP contribution in [0.3, 0.4) is 0 Å². The van der Waals surface area contributed by atoms with E-state index in [2.05, 4.69) is 4.74 Å². The Hall–Kier alpha value is -1.92. The normalized spacial score (nSPS) is 12.9. The highest BCUT2D eigenvalue weighted by Crippen LogP contribution is 2.16. The van der Waals surface area contributed by atoms with Crippen molar-refractivity contribution in [2.24, 2.45) is 0 Å². The highest BCUT2D eigenvalue weighted by molar-refractivity contribution is 6.30. The first-order valence-electron chi connectivity index (χ1n) is 5.42. The largest absolute Gasteiger partial charge is 0.464 e. The molecule has 7 heteroatoms. The fourth-order valence-electron chi connectivity index (χ4n) is 1.34. The Morgan fingerprint density at radius 2 is 2.32 bits per heavy atom. The molecule has 0 fully saturated rings. The first-order valence-corrected chi connectivity index (χ1v) is 5.79. The van der Waals surface area contributed by atoms with Crippen LogP contribution in [0.1, 0.15) is 12.5 Å². The van der Waals surface area contributed by atoms with Crippen LogP contribution in [0, 0.1) is 10.1 Å². The van der Waals surface area contributed by atoms with Crippen molar-refractivity contribution in [1.29, 1.82) is 0 Å². The van der Waals surface area contributed by atoms with Gasteiger partial charge in [-0.2, -0.15) is 0 Å². The second-order valence-electron chi connectivity index (χ2n) is 3.54. The number of esters is 1. The minimum atomic E-state index is -1.94. The number of halogens is 1. The number of hydrogen-bond donors (Lipinski definition) is 1. The van der Waals surface area contributed by atoms with Gasteiger partial charge in [0.15, 0.2) is 0 Å².